The molecule has 0 N–H and O–H groups in total. The summed E-state index contributed by atoms with van der Waals surface area (Å²) < 4.78 is 8.02. The molecular formula is C17H21N5O2. The molecule has 2 aliphatic heterocycles. The standard InChI is InChI=1S/C17H21N5O2/c1-21-11-14(9-20-21)13-8-17(24-12-13)2-6-22(7-3-17)16(23)15-10-18-4-5-19-15/h4-5,9-11,13H,2-3,6-8,12H2,1H3. The Bertz CT molecular complexity index is 722. The maximum atomic E-state index is 12.5. The lowest BCUT2D eigenvalue weighted by atomic mass is 9.84. The van der Waals surface area contributed by atoms with Crippen molar-refractivity contribution in [1.29, 1.82) is 0 Å². The summed E-state index contributed by atoms with van der Waals surface area (Å²) in [7, 11) is 1.94. The lowest BCUT2D eigenvalue weighted by molar-refractivity contribution is -0.0389. The average molecular weight is 327 g/mol. The van der Waals surface area contributed by atoms with E-state index < -0.39 is 0 Å². The first-order valence-electron chi connectivity index (χ1n) is 8.33. The lowest BCUT2D eigenvalue weighted by Crippen LogP contribution is -2.46. The molecule has 0 aliphatic carbocycles. The molecule has 0 bridgehead atoms. The summed E-state index contributed by atoms with van der Waals surface area (Å²) in [5, 5.41) is 4.26. The molecule has 4 heterocycles. The third-order valence-corrected chi connectivity index (χ3v) is 5.15. The number of hydrogen-bond acceptors (Lipinski definition) is 5. The van der Waals surface area contributed by atoms with Crippen LogP contribution in [0.5, 0.6) is 0 Å². The van der Waals surface area contributed by atoms with E-state index in [1.54, 1.807) is 12.4 Å². The second-order valence-corrected chi connectivity index (χ2v) is 6.73. The van der Waals surface area contributed by atoms with E-state index in [1.807, 2.05) is 22.8 Å². The molecule has 4 rings (SSSR count). The van der Waals surface area contributed by atoms with Crippen LogP contribution in [0.15, 0.2) is 31.0 Å². The molecule has 2 aromatic rings. The summed E-state index contributed by atoms with van der Waals surface area (Å²) in [6.07, 6.45) is 11.4. The van der Waals surface area contributed by atoms with Gasteiger partial charge in [-0.05, 0) is 24.8 Å². The van der Waals surface area contributed by atoms with Gasteiger partial charge < -0.3 is 9.64 Å². The minimum atomic E-state index is -0.0976. The lowest BCUT2D eigenvalue weighted by Gasteiger charge is -2.38. The molecule has 126 valence electrons. The minimum Gasteiger partial charge on any atom is -0.374 e. The fraction of sp³-hybridized carbons (Fsp3) is 0.529. The zero-order valence-electron chi connectivity index (χ0n) is 13.8. The molecule has 1 spiro atoms. The number of amides is 1. The van der Waals surface area contributed by atoms with Gasteiger partial charge in [-0.1, -0.05) is 0 Å². The molecule has 2 saturated heterocycles. The highest BCUT2D eigenvalue weighted by atomic mass is 16.5. The Hall–Kier alpha value is -2.28. The molecular weight excluding hydrogens is 306 g/mol. The predicted molar refractivity (Wildman–Crippen MR) is 86.4 cm³/mol. The maximum Gasteiger partial charge on any atom is 0.274 e. The summed E-state index contributed by atoms with van der Waals surface area (Å²) >= 11 is 0. The first kappa shape index (κ1) is 15.3. The molecule has 0 saturated carbocycles. The van der Waals surface area contributed by atoms with Crippen molar-refractivity contribution in [1.82, 2.24) is 24.6 Å². The summed E-state index contributed by atoms with van der Waals surface area (Å²) in [5.74, 6) is 0.362. The van der Waals surface area contributed by atoms with Crippen LogP contribution in [-0.4, -0.2) is 55.9 Å². The molecule has 1 atom stereocenters. The number of aryl methyl sites for hydroxylation is 1. The van der Waals surface area contributed by atoms with Crippen molar-refractivity contribution in [2.45, 2.75) is 30.8 Å². The Morgan fingerprint density at radius 3 is 2.79 bits per heavy atom. The molecule has 7 nitrogen and oxygen atoms in total. The van der Waals surface area contributed by atoms with E-state index in [4.69, 9.17) is 4.74 Å². The minimum absolute atomic E-state index is 0.0419. The quantitative estimate of drug-likeness (QED) is 0.833. The van der Waals surface area contributed by atoms with Crippen LogP contribution in [0.25, 0.3) is 0 Å². The summed E-state index contributed by atoms with van der Waals surface area (Å²) in [6, 6.07) is 0. The SMILES string of the molecule is Cn1cc(C2COC3(CCN(C(=O)c4cnccn4)CC3)C2)cn1. The van der Waals surface area contributed by atoms with E-state index in [-0.39, 0.29) is 11.5 Å². The molecule has 2 aromatic heterocycles. The van der Waals surface area contributed by atoms with Crippen molar-refractivity contribution in [2.24, 2.45) is 7.05 Å². The fourth-order valence-electron chi connectivity index (χ4n) is 3.75. The van der Waals surface area contributed by atoms with E-state index in [2.05, 4.69) is 21.3 Å². The van der Waals surface area contributed by atoms with Crippen LogP contribution in [0, 0.1) is 0 Å². The van der Waals surface area contributed by atoms with Gasteiger partial charge in [0.2, 0.25) is 0 Å². The van der Waals surface area contributed by atoms with Crippen LogP contribution in [0.4, 0.5) is 0 Å². The van der Waals surface area contributed by atoms with Gasteiger partial charge in [-0.2, -0.15) is 5.10 Å². The number of ether oxygens (including phenoxy) is 1. The topological polar surface area (TPSA) is 73.1 Å². The van der Waals surface area contributed by atoms with Crippen LogP contribution in [0.1, 0.15) is 41.2 Å². The zero-order valence-corrected chi connectivity index (χ0v) is 13.8. The van der Waals surface area contributed by atoms with Gasteiger partial charge in [0.05, 0.1) is 24.6 Å². The van der Waals surface area contributed by atoms with Gasteiger partial charge in [0.1, 0.15) is 5.69 Å². The van der Waals surface area contributed by atoms with Crippen LogP contribution in [0.2, 0.25) is 0 Å². The zero-order chi connectivity index (χ0) is 16.6. The van der Waals surface area contributed by atoms with Crippen LogP contribution in [-0.2, 0) is 11.8 Å². The molecule has 1 unspecified atom stereocenters. The normalized spacial score (nSPS) is 22.9. The highest BCUT2D eigenvalue weighted by Crippen LogP contribution is 2.42. The van der Waals surface area contributed by atoms with E-state index >= 15 is 0 Å². The highest BCUT2D eigenvalue weighted by molar-refractivity contribution is 5.92. The predicted octanol–water partition coefficient (Wildman–Crippen LogP) is 1.39. The molecule has 0 aromatic carbocycles. The highest BCUT2D eigenvalue weighted by Gasteiger charge is 2.44. The molecule has 2 fully saturated rings. The first-order chi connectivity index (χ1) is 11.7. The van der Waals surface area contributed by atoms with Gasteiger partial charge in [0, 0.05) is 44.6 Å². The number of hydrogen-bond donors (Lipinski definition) is 0. The Kier molecular flexibility index (Phi) is 3.80. The van der Waals surface area contributed by atoms with E-state index in [0.29, 0.717) is 24.7 Å². The summed E-state index contributed by atoms with van der Waals surface area (Å²) in [6.45, 7) is 2.15. The monoisotopic (exact) mass is 327 g/mol. The van der Waals surface area contributed by atoms with E-state index in [1.165, 1.54) is 11.8 Å². The van der Waals surface area contributed by atoms with Crippen molar-refractivity contribution in [3.05, 3.63) is 42.2 Å². The Morgan fingerprint density at radius 1 is 1.29 bits per heavy atom. The Morgan fingerprint density at radius 2 is 2.12 bits per heavy atom. The third-order valence-electron chi connectivity index (χ3n) is 5.15. The largest absolute Gasteiger partial charge is 0.374 e. The van der Waals surface area contributed by atoms with E-state index in [9.17, 15) is 4.79 Å². The van der Waals surface area contributed by atoms with Crippen molar-refractivity contribution in [3.8, 4) is 0 Å². The average Bonchev–Trinajstić information content (AvgIpc) is 3.23. The molecule has 2 aliphatic rings. The number of carbonyl (C=O) groups excluding carboxylic acids is 1. The summed E-state index contributed by atoms with van der Waals surface area (Å²) in [5.41, 5.74) is 1.56. The van der Waals surface area contributed by atoms with E-state index in [0.717, 1.165) is 25.9 Å². The number of piperidine rings is 1. The number of aromatic nitrogens is 4. The Balaban J connectivity index is 1.39. The van der Waals surface area contributed by atoms with Crippen molar-refractivity contribution in [3.63, 3.8) is 0 Å². The van der Waals surface area contributed by atoms with Crippen LogP contribution >= 0.6 is 0 Å². The van der Waals surface area contributed by atoms with Crippen LogP contribution < -0.4 is 0 Å². The maximum absolute atomic E-state index is 12.5. The fourth-order valence-corrected chi connectivity index (χ4v) is 3.75. The number of rotatable bonds is 2. The van der Waals surface area contributed by atoms with Crippen molar-refractivity contribution >= 4 is 5.91 Å². The van der Waals surface area contributed by atoms with Crippen molar-refractivity contribution < 1.29 is 9.53 Å². The second kappa shape index (κ2) is 5.98. The third kappa shape index (κ3) is 2.80. The van der Waals surface area contributed by atoms with Gasteiger partial charge in [-0.25, -0.2) is 4.98 Å². The number of likely N-dealkylation sites (tertiary alicyclic amines) is 1. The number of nitrogens with zero attached hydrogens (tertiary/aromatic N) is 5. The van der Waals surface area contributed by atoms with Gasteiger partial charge in [0.15, 0.2) is 0 Å². The summed E-state index contributed by atoms with van der Waals surface area (Å²) in [4.78, 5) is 22.4. The molecule has 1 amide bonds. The molecule has 24 heavy (non-hydrogen) atoms. The van der Waals surface area contributed by atoms with Gasteiger partial charge in [-0.15, -0.1) is 0 Å². The van der Waals surface area contributed by atoms with Gasteiger partial charge in [0.25, 0.3) is 5.91 Å². The Labute approximate surface area is 140 Å². The number of carbonyl (C=O) groups is 1. The second-order valence-electron chi connectivity index (χ2n) is 6.73. The first-order valence-corrected chi connectivity index (χ1v) is 8.33. The molecule has 0 radical (unpaired) electrons. The molecule has 7 heteroatoms. The smallest absolute Gasteiger partial charge is 0.274 e. The van der Waals surface area contributed by atoms with Crippen molar-refractivity contribution in [2.75, 3.05) is 19.7 Å². The van der Waals surface area contributed by atoms with Gasteiger partial charge >= 0.3 is 0 Å². The van der Waals surface area contributed by atoms with Crippen LogP contribution in [0.3, 0.4) is 0 Å². The van der Waals surface area contributed by atoms with Gasteiger partial charge in [-0.3, -0.25) is 14.5 Å².